The number of benzene rings is 1. The second-order valence-corrected chi connectivity index (χ2v) is 6.10. The standard InChI is InChI=1S/C20H17N6O3/c1-28-15-4-3-13(8-16(15)29-2)25-18-17-11(5-6-22-19(17)27)7-14(26-18)12-9-23-20(21)24-10-12/h3-10H,1-2H3,(H,25,26)(H2,21,23,24). The van der Waals surface area contributed by atoms with Gasteiger partial charge >= 0.3 is 0 Å². The van der Waals surface area contributed by atoms with Crippen molar-refractivity contribution in [2.24, 2.45) is 0 Å². The van der Waals surface area contributed by atoms with E-state index < -0.39 is 0 Å². The molecule has 29 heavy (non-hydrogen) atoms. The predicted octanol–water partition coefficient (Wildman–Crippen LogP) is 2.61. The van der Waals surface area contributed by atoms with Gasteiger partial charge in [0.1, 0.15) is 5.82 Å². The lowest BCUT2D eigenvalue weighted by Gasteiger charge is -2.17. The maximum atomic E-state index is 12.4. The molecule has 1 aliphatic rings. The molecular formula is C20H17N6O3. The van der Waals surface area contributed by atoms with Gasteiger partial charge in [-0.15, -0.1) is 0 Å². The zero-order valence-electron chi connectivity index (χ0n) is 15.7. The number of anilines is 3. The second kappa shape index (κ2) is 7.47. The van der Waals surface area contributed by atoms with E-state index in [1.54, 1.807) is 57.0 Å². The Labute approximate surface area is 166 Å². The van der Waals surface area contributed by atoms with Crippen LogP contribution in [0.1, 0.15) is 15.9 Å². The summed E-state index contributed by atoms with van der Waals surface area (Å²) in [6, 6.07) is 7.10. The normalized spacial score (nSPS) is 12.1. The second-order valence-electron chi connectivity index (χ2n) is 6.10. The smallest absolute Gasteiger partial charge is 0.281 e. The van der Waals surface area contributed by atoms with Crippen LogP contribution < -0.4 is 25.8 Å². The fraction of sp³-hybridized carbons (Fsp3) is 0.100. The van der Waals surface area contributed by atoms with Gasteiger partial charge in [-0.25, -0.2) is 20.3 Å². The van der Waals surface area contributed by atoms with Crippen LogP contribution in [-0.4, -0.2) is 35.1 Å². The minimum atomic E-state index is -0.377. The molecule has 1 radical (unpaired) electrons. The molecule has 3 N–H and O–H groups in total. The first-order valence-corrected chi connectivity index (χ1v) is 8.62. The molecule has 2 aromatic heterocycles. The number of carbonyl (C=O) groups is 1. The molecule has 0 unspecified atom stereocenters. The average molecular weight is 389 g/mol. The number of aromatic nitrogens is 3. The predicted molar refractivity (Wildman–Crippen MR) is 108 cm³/mol. The number of nitrogen functional groups attached to an aromatic ring is 1. The molecule has 145 valence electrons. The molecule has 0 atom stereocenters. The van der Waals surface area contributed by atoms with Gasteiger partial charge in [0, 0.05) is 35.9 Å². The van der Waals surface area contributed by atoms with Gasteiger partial charge in [0.05, 0.1) is 25.5 Å². The molecule has 9 nitrogen and oxygen atoms in total. The van der Waals surface area contributed by atoms with Crippen molar-refractivity contribution in [3.05, 3.63) is 54.0 Å². The monoisotopic (exact) mass is 389 g/mol. The zero-order chi connectivity index (χ0) is 20.4. The van der Waals surface area contributed by atoms with Crippen LogP contribution in [0.4, 0.5) is 17.5 Å². The number of carbonyl (C=O) groups excluding carboxylic acids is 1. The molecule has 1 aliphatic heterocycles. The Balaban J connectivity index is 1.81. The number of nitrogens with two attached hydrogens (primary N) is 1. The number of rotatable bonds is 5. The Morgan fingerprint density at radius 2 is 1.79 bits per heavy atom. The van der Waals surface area contributed by atoms with Crippen molar-refractivity contribution in [3.8, 4) is 22.8 Å². The summed E-state index contributed by atoms with van der Waals surface area (Å²) in [4.78, 5) is 25.1. The number of pyridine rings is 1. The first kappa shape index (κ1) is 18.2. The molecule has 1 aromatic carbocycles. The lowest BCUT2D eigenvalue weighted by atomic mass is 10.0. The van der Waals surface area contributed by atoms with E-state index in [4.69, 9.17) is 15.2 Å². The Morgan fingerprint density at radius 3 is 2.52 bits per heavy atom. The van der Waals surface area contributed by atoms with E-state index in [9.17, 15) is 4.79 Å². The molecule has 0 aliphatic carbocycles. The van der Waals surface area contributed by atoms with Crippen molar-refractivity contribution in [2.45, 2.75) is 0 Å². The number of amides is 1. The van der Waals surface area contributed by atoms with Crippen LogP contribution in [0.2, 0.25) is 0 Å². The molecule has 4 rings (SSSR count). The Hall–Kier alpha value is -4.14. The molecule has 0 saturated heterocycles. The molecule has 9 heteroatoms. The topological polar surface area (TPSA) is 126 Å². The maximum Gasteiger partial charge on any atom is 0.281 e. The van der Waals surface area contributed by atoms with Crippen LogP contribution in [0.25, 0.3) is 17.3 Å². The fourth-order valence-electron chi connectivity index (χ4n) is 2.93. The first-order valence-electron chi connectivity index (χ1n) is 8.62. The quantitative estimate of drug-likeness (QED) is 0.682. The van der Waals surface area contributed by atoms with Crippen LogP contribution in [0.3, 0.4) is 0 Å². The molecule has 0 spiro atoms. The van der Waals surface area contributed by atoms with Crippen molar-refractivity contribution in [1.82, 2.24) is 20.3 Å². The van der Waals surface area contributed by atoms with Gasteiger partial charge in [-0.05, 0) is 29.8 Å². The van der Waals surface area contributed by atoms with E-state index in [-0.39, 0.29) is 11.9 Å². The highest BCUT2D eigenvalue weighted by Crippen LogP contribution is 2.34. The van der Waals surface area contributed by atoms with Crippen LogP contribution in [0.15, 0.2) is 42.9 Å². The van der Waals surface area contributed by atoms with Gasteiger partial charge < -0.3 is 20.5 Å². The van der Waals surface area contributed by atoms with Crippen molar-refractivity contribution in [1.29, 1.82) is 0 Å². The van der Waals surface area contributed by atoms with Gasteiger partial charge in [-0.3, -0.25) is 4.79 Å². The van der Waals surface area contributed by atoms with Crippen LogP contribution in [0, 0.1) is 0 Å². The number of methoxy groups -OCH3 is 2. The van der Waals surface area contributed by atoms with E-state index in [0.717, 1.165) is 0 Å². The van der Waals surface area contributed by atoms with Crippen LogP contribution in [0.5, 0.6) is 11.5 Å². The van der Waals surface area contributed by atoms with E-state index in [0.29, 0.717) is 45.4 Å². The lowest BCUT2D eigenvalue weighted by Crippen LogP contribution is -2.18. The summed E-state index contributed by atoms with van der Waals surface area (Å²) < 4.78 is 10.6. The van der Waals surface area contributed by atoms with E-state index in [2.05, 4.69) is 25.6 Å². The molecule has 0 saturated carbocycles. The van der Waals surface area contributed by atoms with Gasteiger partial charge in [0.2, 0.25) is 5.95 Å². The average Bonchev–Trinajstić information content (AvgIpc) is 2.74. The van der Waals surface area contributed by atoms with Gasteiger partial charge in [-0.1, -0.05) is 0 Å². The van der Waals surface area contributed by atoms with Crippen molar-refractivity contribution >= 4 is 29.4 Å². The van der Waals surface area contributed by atoms with Gasteiger partial charge in [-0.2, -0.15) is 0 Å². The third kappa shape index (κ3) is 3.53. The number of fused-ring (bicyclic) bond motifs is 1. The molecular weight excluding hydrogens is 372 g/mol. The number of nitrogens with one attached hydrogen (secondary N) is 1. The summed E-state index contributed by atoms with van der Waals surface area (Å²) in [6.07, 6.45) is 6.37. The summed E-state index contributed by atoms with van der Waals surface area (Å²) in [5.74, 6) is 1.29. The summed E-state index contributed by atoms with van der Waals surface area (Å²) in [6.45, 7) is 0. The SMILES string of the molecule is COc1ccc(Nc2nc(-c3cnc(N)nc3)cc3c2C(=O)[N]C=C3)cc1OC. The largest absolute Gasteiger partial charge is 0.493 e. The highest BCUT2D eigenvalue weighted by Gasteiger charge is 2.22. The van der Waals surface area contributed by atoms with E-state index >= 15 is 0 Å². The molecule has 3 heterocycles. The number of hydrogen-bond donors (Lipinski definition) is 2. The molecule has 3 aromatic rings. The van der Waals surface area contributed by atoms with Gasteiger partial charge in [0.15, 0.2) is 11.5 Å². The summed E-state index contributed by atoms with van der Waals surface area (Å²) >= 11 is 0. The highest BCUT2D eigenvalue weighted by atomic mass is 16.5. The molecule has 1 amide bonds. The molecule has 0 fully saturated rings. The van der Waals surface area contributed by atoms with E-state index in [1.165, 1.54) is 6.20 Å². The van der Waals surface area contributed by atoms with Crippen LogP contribution in [-0.2, 0) is 0 Å². The summed E-state index contributed by atoms with van der Waals surface area (Å²) in [5, 5.41) is 7.05. The van der Waals surface area contributed by atoms with Crippen molar-refractivity contribution in [2.75, 3.05) is 25.3 Å². The van der Waals surface area contributed by atoms with Crippen molar-refractivity contribution in [3.63, 3.8) is 0 Å². The number of hydrogen-bond acceptors (Lipinski definition) is 8. The number of ether oxygens (including phenoxy) is 2. The number of nitrogens with zero attached hydrogens (tertiary/aromatic N) is 4. The minimum Gasteiger partial charge on any atom is -0.493 e. The Bertz CT molecular complexity index is 1110. The van der Waals surface area contributed by atoms with Crippen LogP contribution >= 0.6 is 0 Å². The third-order valence-corrected chi connectivity index (χ3v) is 4.32. The van der Waals surface area contributed by atoms with Gasteiger partial charge in [0.25, 0.3) is 5.91 Å². The highest BCUT2D eigenvalue weighted by molar-refractivity contribution is 6.05. The molecule has 0 bridgehead atoms. The fourth-order valence-corrected chi connectivity index (χ4v) is 2.93. The third-order valence-electron chi connectivity index (χ3n) is 4.32. The van der Waals surface area contributed by atoms with Crippen molar-refractivity contribution < 1.29 is 14.3 Å². The zero-order valence-corrected chi connectivity index (χ0v) is 15.7. The van der Waals surface area contributed by atoms with E-state index in [1.807, 2.05) is 0 Å². The summed E-state index contributed by atoms with van der Waals surface area (Å²) in [7, 11) is 3.12. The maximum absolute atomic E-state index is 12.4. The Morgan fingerprint density at radius 1 is 1.03 bits per heavy atom. The summed E-state index contributed by atoms with van der Waals surface area (Å²) in [5.41, 5.74) is 8.57. The minimum absolute atomic E-state index is 0.171. The first-order chi connectivity index (χ1) is 14.1. The lowest BCUT2D eigenvalue weighted by molar-refractivity contribution is 0.0965. The Kier molecular flexibility index (Phi) is 4.70.